The molecular weight excluding hydrogens is 338 g/mol. The molecular formula is C23H23NO3. The SMILES string of the molecule is CCCCN1C(=O)c2oc3cc(C)cc(C)c3c(=O)c2C1c1ccccc1. The van der Waals surface area contributed by atoms with Crippen molar-refractivity contribution in [1.29, 1.82) is 0 Å². The van der Waals surface area contributed by atoms with Crippen molar-refractivity contribution in [2.75, 3.05) is 6.54 Å². The topological polar surface area (TPSA) is 50.5 Å². The Labute approximate surface area is 158 Å². The summed E-state index contributed by atoms with van der Waals surface area (Å²) in [6, 6.07) is 13.2. The lowest BCUT2D eigenvalue weighted by molar-refractivity contribution is 0.0725. The molecule has 1 atom stereocenters. The number of nitrogens with zero attached hydrogens (tertiary/aromatic N) is 1. The van der Waals surface area contributed by atoms with E-state index in [1.54, 1.807) is 4.90 Å². The van der Waals surface area contributed by atoms with Gasteiger partial charge in [0.25, 0.3) is 5.91 Å². The van der Waals surface area contributed by atoms with E-state index in [1.807, 2.05) is 56.3 Å². The van der Waals surface area contributed by atoms with Gasteiger partial charge in [0, 0.05) is 6.54 Å². The van der Waals surface area contributed by atoms with Crippen LogP contribution in [0, 0.1) is 13.8 Å². The third-order valence-electron chi connectivity index (χ3n) is 5.28. The van der Waals surface area contributed by atoms with Crippen LogP contribution in [-0.2, 0) is 0 Å². The van der Waals surface area contributed by atoms with Crippen molar-refractivity contribution in [2.24, 2.45) is 0 Å². The fourth-order valence-corrected chi connectivity index (χ4v) is 4.05. The van der Waals surface area contributed by atoms with Crippen LogP contribution in [0.25, 0.3) is 11.0 Å². The van der Waals surface area contributed by atoms with Crippen molar-refractivity contribution in [3.8, 4) is 0 Å². The van der Waals surface area contributed by atoms with Crippen LogP contribution in [0.4, 0.5) is 0 Å². The first kappa shape index (κ1) is 17.5. The first-order valence-corrected chi connectivity index (χ1v) is 9.46. The van der Waals surface area contributed by atoms with E-state index in [-0.39, 0.29) is 23.1 Å². The molecule has 1 amide bonds. The lowest BCUT2D eigenvalue weighted by Crippen LogP contribution is -2.30. The van der Waals surface area contributed by atoms with Crippen LogP contribution in [0.3, 0.4) is 0 Å². The first-order valence-electron chi connectivity index (χ1n) is 9.46. The van der Waals surface area contributed by atoms with Crippen LogP contribution in [0.5, 0.6) is 0 Å². The minimum Gasteiger partial charge on any atom is -0.450 e. The summed E-state index contributed by atoms with van der Waals surface area (Å²) in [5.74, 6) is 0.00733. The van der Waals surface area contributed by atoms with Crippen molar-refractivity contribution in [1.82, 2.24) is 4.90 Å². The highest BCUT2D eigenvalue weighted by atomic mass is 16.3. The van der Waals surface area contributed by atoms with Crippen molar-refractivity contribution in [3.63, 3.8) is 0 Å². The van der Waals surface area contributed by atoms with Gasteiger partial charge in [-0.05, 0) is 43.0 Å². The second-order valence-electron chi connectivity index (χ2n) is 7.29. The zero-order chi connectivity index (χ0) is 19.1. The number of unbranched alkanes of at least 4 members (excludes halogenated alkanes) is 1. The molecule has 0 saturated carbocycles. The number of aryl methyl sites for hydroxylation is 2. The third kappa shape index (κ3) is 2.76. The summed E-state index contributed by atoms with van der Waals surface area (Å²) in [6.45, 7) is 6.57. The second kappa shape index (κ2) is 6.69. The molecule has 0 radical (unpaired) electrons. The summed E-state index contributed by atoms with van der Waals surface area (Å²) in [7, 11) is 0. The fourth-order valence-electron chi connectivity index (χ4n) is 4.05. The smallest absolute Gasteiger partial charge is 0.290 e. The third-order valence-corrected chi connectivity index (χ3v) is 5.28. The standard InChI is InChI=1S/C23H23NO3/c1-4-5-11-24-20(16-9-7-6-8-10-16)19-21(25)18-15(3)12-14(2)13-17(18)27-22(19)23(24)26/h6-10,12-13,20H,4-5,11H2,1-3H3. The number of amides is 1. The van der Waals surface area contributed by atoms with Crippen LogP contribution >= 0.6 is 0 Å². The maximum atomic E-state index is 13.5. The van der Waals surface area contributed by atoms with Gasteiger partial charge in [0.15, 0.2) is 5.43 Å². The molecule has 1 aliphatic heterocycles. The predicted molar refractivity (Wildman–Crippen MR) is 106 cm³/mol. The van der Waals surface area contributed by atoms with E-state index in [1.165, 1.54) is 0 Å². The largest absolute Gasteiger partial charge is 0.450 e. The molecule has 2 heterocycles. The number of benzene rings is 2. The number of hydrogen-bond donors (Lipinski definition) is 0. The van der Waals surface area contributed by atoms with Gasteiger partial charge in [-0.15, -0.1) is 0 Å². The average Bonchev–Trinajstić information content (AvgIpc) is 2.92. The van der Waals surface area contributed by atoms with E-state index in [2.05, 4.69) is 6.92 Å². The van der Waals surface area contributed by atoms with Crippen molar-refractivity contribution in [3.05, 3.63) is 80.7 Å². The quantitative estimate of drug-likeness (QED) is 0.673. The molecule has 1 unspecified atom stereocenters. The van der Waals surface area contributed by atoms with Gasteiger partial charge in [-0.1, -0.05) is 49.7 Å². The van der Waals surface area contributed by atoms with E-state index in [0.717, 1.165) is 29.5 Å². The second-order valence-corrected chi connectivity index (χ2v) is 7.29. The van der Waals surface area contributed by atoms with E-state index in [4.69, 9.17) is 4.42 Å². The molecule has 138 valence electrons. The van der Waals surface area contributed by atoms with Gasteiger partial charge in [-0.3, -0.25) is 9.59 Å². The summed E-state index contributed by atoms with van der Waals surface area (Å²) < 4.78 is 6.03. The Morgan fingerprint density at radius 2 is 1.81 bits per heavy atom. The zero-order valence-electron chi connectivity index (χ0n) is 15.9. The fraction of sp³-hybridized carbons (Fsp3) is 0.304. The van der Waals surface area contributed by atoms with Gasteiger partial charge in [-0.25, -0.2) is 0 Å². The maximum absolute atomic E-state index is 13.5. The minimum absolute atomic E-state index is 0.0926. The predicted octanol–water partition coefficient (Wildman–Crippen LogP) is 4.76. The highest BCUT2D eigenvalue weighted by Crippen LogP contribution is 2.38. The molecule has 0 fully saturated rings. The number of carbonyl (C=O) groups is 1. The summed E-state index contributed by atoms with van der Waals surface area (Å²) in [5.41, 5.74) is 3.71. The Kier molecular flexibility index (Phi) is 4.34. The summed E-state index contributed by atoms with van der Waals surface area (Å²) in [6.07, 6.45) is 1.86. The first-order chi connectivity index (χ1) is 13.0. The van der Waals surface area contributed by atoms with Crippen molar-refractivity contribution in [2.45, 2.75) is 39.7 Å². The van der Waals surface area contributed by atoms with E-state index >= 15 is 0 Å². The molecule has 3 aromatic rings. The molecule has 0 saturated heterocycles. The molecule has 0 bridgehead atoms. The average molecular weight is 361 g/mol. The molecule has 0 N–H and O–H groups in total. The minimum atomic E-state index is -0.387. The number of carbonyl (C=O) groups excluding carboxylic acids is 1. The molecule has 0 spiro atoms. The van der Waals surface area contributed by atoms with Crippen LogP contribution in [0.2, 0.25) is 0 Å². The number of rotatable bonds is 4. The molecule has 1 aromatic heterocycles. The van der Waals surface area contributed by atoms with Gasteiger partial charge in [0.1, 0.15) is 5.58 Å². The van der Waals surface area contributed by atoms with Gasteiger partial charge in [-0.2, -0.15) is 0 Å². The number of fused-ring (bicyclic) bond motifs is 2. The number of hydrogen-bond acceptors (Lipinski definition) is 3. The molecule has 4 rings (SSSR count). The Morgan fingerprint density at radius 1 is 1.07 bits per heavy atom. The van der Waals surface area contributed by atoms with Crippen LogP contribution in [-0.4, -0.2) is 17.4 Å². The highest BCUT2D eigenvalue weighted by Gasteiger charge is 2.42. The van der Waals surface area contributed by atoms with Gasteiger partial charge < -0.3 is 9.32 Å². The Morgan fingerprint density at radius 3 is 2.52 bits per heavy atom. The molecule has 0 aliphatic carbocycles. The Hall–Kier alpha value is -2.88. The summed E-state index contributed by atoms with van der Waals surface area (Å²) in [4.78, 5) is 28.4. The monoisotopic (exact) mass is 361 g/mol. The molecule has 27 heavy (non-hydrogen) atoms. The van der Waals surface area contributed by atoms with Gasteiger partial charge in [0.2, 0.25) is 5.76 Å². The van der Waals surface area contributed by atoms with Gasteiger partial charge >= 0.3 is 0 Å². The van der Waals surface area contributed by atoms with E-state index < -0.39 is 0 Å². The summed E-state index contributed by atoms with van der Waals surface area (Å²) >= 11 is 0. The molecule has 2 aromatic carbocycles. The van der Waals surface area contributed by atoms with Crippen LogP contribution in [0.1, 0.15) is 58.6 Å². The Balaban J connectivity index is 2.01. The Bertz CT molecular complexity index is 1080. The highest BCUT2D eigenvalue weighted by molar-refractivity contribution is 5.99. The molecule has 4 heteroatoms. The van der Waals surface area contributed by atoms with E-state index in [0.29, 0.717) is 23.1 Å². The normalized spacial score (nSPS) is 16.2. The maximum Gasteiger partial charge on any atom is 0.290 e. The lowest BCUT2D eigenvalue weighted by atomic mass is 9.97. The van der Waals surface area contributed by atoms with Crippen molar-refractivity contribution >= 4 is 16.9 Å². The van der Waals surface area contributed by atoms with Crippen LogP contribution in [0.15, 0.2) is 51.7 Å². The van der Waals surface area contributed by atoms with Crippen LogP contribution < -0.4 is 5.43 Å². The molecule has 4 nitrogen and oxygen atoms in total. The van der Waals surface area contributed by atoms with E-state index in [9.17, 15) is 9.59 Å². The summed E-state index contributed by atoms with van der Waals surface area (Å²) in [5, 5.41) is 0.574. The molecule has 1 aliphatic rings. The lowest BCUT2D eigenvalue weighted by Gasteiger charge is -2.24. The van der Waals surface area contributed by atoms with Gasteiger partial charge in [0.05, 0.1) is 17.0 Å². The van der Waals surface area contributed by atoms with Crippen molar-refractivity contribution < 1.29 is 9.21 Å². The zero-order valence-corrected chi connectivity index (χ0v) is 15.9.